The molecule has 0 aliphatic carbocycles. The Morgan fingerprint density at radius 2 is 2.29 bits per heavy atom. The first kappa shape index (κ1) is 14.1. The lowest BCUT2D eigenvalue weighted by atomic mass is 9.96. The van der Waals surface area contributed by atoms with Crippen molar-refractivity contribution in [2.75, 3.05) is 20.3 Å². The normalized spacial score (nSPS) is 14.6. The summed E-state index contributed by atoms with van der Waals surface area (Å²) in [7, 11) is 1.69. The zero-order valence-corrected chi connectivity index (χ0v) is 10.7. The van der Waals surface area contributed by atoms with Crippen LogP contribution in [0.25, 0.3) is 0 Å². The highest BCUT2D eigenvalue weighted by Gasteiger charge is 2.17. The van der Waals surface area contributed by atoms with E-state index in [1.165, 1.54) is 6.20 Å². The average molecular weight is 240 g/mol. The molecule has 2 unspecified atom stereocenters. The standard InChI is InChI=1S/C13H21FN2O/c1-4-16-13(7-10(2)9-17-3)11-5-6-15-8-12(11)14/h5-6,8,10,13,16H,4,7,9H2,1-3H3. The Morgan fingerprint density at radius 3 is 2.88 bits per heavy atom. The van der Waals surface area contributed by atoms with E-state index in [1.54, 1.807) is 19.4 Å². The second-order valence-corrected chi connectivity index (χ2v) is 4.30. The van der Waals surface area contributed by atoms with Crippen molar-refractivity contribution in [3.63, 3.8) is 0 Å². The van der Waals surface area contributed by atoms with Gasteiger partial charge in [0, 0.05) is 31.5 Å². The molecule has 0 amide bonds. The molecule has 0 aromatic carbocycles. The summed E-state index contributed by atoms with van der Waals surface area (Å²) in [6, 6.07) is 1.76. The van der Waals surface area contributed by atoms with E-state index >= 15 is 0 Å². The van der Waals surface area contributed by atoms with Gasteiger partial charge in [-0.2, -0.15) is 0 Å². The molecular weight excluding hydrogens is 219 g/mol. The number of methoxy groups -OCH3 is 1. The molecule has 0 fully saturated rings. The zero-order chi connectivity index (χ0) is 12.7. The summed E-state index contributed by atoms with van der Waals surface area (Å²) in [6.07, 6.45) is 3.74. The summed E-state index contributed by atoms with van der Waals surface area (Å²) >= 11 is 0. The van der Waals surface area contributed by atoms with Crippen LogP contribution >= 0.6 is 0 Å². The van der Waals surface area contributed by atoms with Crippen molar-refractivity contribution in [1.29, 1.82) is 0 Å². The molecule has 1 rings (SSSR count). The SMILES string of the molecule is CCNC(CC(C)COC)c1ccncc1F. The summed E-state index contributed by atoms with van der Waals surface area (Å²) in [5.74, 6) is 0.139. The molecule has 17 heavy (non-hydrogen) atoms. The van der Waals surface area contributed by atoms with Crippen LogP contribution in [-0.2, 0) is 4.74 Å². The molecule has 4 heteroatoms. The van der Waals surface area contributed by atoms with Gasteiger partial charge in [0.1, 0.15) is 5.82 Å². The van der Waals surface area contributed by atoms with Gasteiger partial charge in [-0.3, -0.25) is 4.98 Å². The van der Waals surface area contributed by atoms with Crippen LogP contribution in [0.1, 0.15) is 31.9 Å². The molecule has 1 N–H and O–H groups in total. The topological polar surface area (TPSA) is 34.1 Å². The van der Waals surface area contributed by atoms with Crippen LogP contribution < -0.4 is 5.32 Å². The van der Waals surface area contributed by atoms with Gasteiger partial charge in [0.05, 0.1) is 6.20 Å². The fourth-order valence-electron chi connectivity index (χ4n) is 1.99. The third-order valence-corrected chi connectivity index (χ3v) is 2.72. The number of ether oxygens (including phenoxy) is 1. The van der Waals surface area contributed by atoms with E-state index in [0.717, 1.165) is 13.0 Å². The molecule has 0 saturated carbocycles. The molecule has 0 aliphatic rings. The smallest absolute Gasteiger partial charge is 0.146 e. The molecule has 1 aromatic heterocycles. The van der Waals surface area contributed by atoms with Crippen molar-refractivity contribution in [2.45, 2.75) is 26.3 Å². The Hall–Kier alpha value is -1.00. The van der Waals surface area contributed by atoms with Gasteiger partial charge in [0.15, 0.2) is 0 Å². The van der Waals surface area contributed by atoms with Gasteiger partial charge >= 0.3 is 0 Å². The van der Waals surface area contributed by atoms with E-state index in [4.69, 9.17) is 4.74 Å². The predicted octanol–water partition coefficient (Wildman–Crippen LogP) is 2.54. The van der Waals surface area contributed by atoms with Gasteiger partial charge in [-0.05, 0) is 24.9 Å². The quantitative estimate of drug-likeness (QED) is 0.795. The second-order valence-electron chi connectivity index (χ2n) is 4.30. The molecule has 2 atom stereocenters. The van der Waals surface area contributed by atoms with Crippen LogP contribution in [-0.4, -0.2) is 25.2 Å². The minimum absolute atomic E-state index is 0.0214. The summed E-state index contributed by atoms with van der Waals surface area (Å²) in [5.41, 5.74) is 0.685. The van der Waals surface area contributed by atoms with Crippen LogP contribution in [0.15, 0.2) is 18.5 Å². The van der Waals surface area contributed by atoms with Crippen LogP contribution in [0.3, 0.4) is 0 Å². The number of halogens is 1. The highest BCUT2D eigenvalue weighted by atomic mass is 19.1. The lowest BCUT2D eigenvalue weighted by molar-refractivity contribution is 0.149. The Kier molecular flexibility index (Phi) is 6.08. The molecule has 1 heterocycles. The fourth-order valence-corrected chi connectivity index (χ4v) is 1.99. The minimum atomic E-state index is -0.247. The van der Waals surface area contributed by atoms with Gasteiger partial charge in [-0.1, -0.05) is 13.8 Å². The lowest BCUT2D eigenvalue weighted by Gasteiger charge is -2.22. The third-order valence-electron chi connectivity index (χ3n) is 2.72. The highest BCUT2D eigenvalue weighted by Crippen LogP contribution is 2.23. The van der Waals surface area contributed by atoms with Gasteiger partial charge in [0.25, 0.3) is 0 Å². The predicted molar refractivity (Wildman–Crippen MR) is 66.3 cm³/mol. The van der Waals surface area contributed by atoms with E-state index in [9.17, 15) is 4.39 Å². The van der Waals surface area contributed by atoms with Crippen LogP contribution in [0.5, 0.6) is 0 Å². The highest BCUT2D eigenvalue weighted by molar-refractivity contribution is 5.17. The number of pyridine rings is 1. The Labute approximate surface area is 102 Å². The number of nitrogens with zero attached hydrogens (tertiary/aromatic N) is 1. The molecule has 0 bridgehead atoms. The van der Waals surface area contributed by atoms with Gasteiger partial charge in [-0.25, -0.2) is 4.39 Å². The first-order chi connectivity index (χ1) is 8.19. The van der Waals surface area contributed by atoms with Crippen molar-refractivity contribution in [3.05, 3.63) is 29.8 Å². The number of rotatable bonds is 7. The van der Waals surface area contributed by atoms with Gasteiger partial charge < -0.3 is 10.1 Å². The molecule has 1 aromatic rings. The molecule has 0 radical (unpaired) electrons. The van der Waals surface area contributed by atoms with Crippen molar-refractivity contribution < 1.29 is 9.13 Å². The number of nitrogens with one attached hydrogen (secondary N) is 1. The van der Waals surface area contributed by atoms with E-state index in [-0.39, 0.29) is 11.9 Å². The molecule has 0 aliphatic heterocycles. The summed E-state index contributed by atoms with van der Waals surface area (Å²) in [4.78, 5) is 3.78. The van der Waals surface area contributed by atoms with Crippen molar-refractivity contribution >= 4 is 0 Å². The van der Waals surface area contributed by atoms with E-state index in [1.807, 2.05) is 6.92 Å². The average Bonchev–Trinajstić information content (AvgIpc) is 2.29. The maximum absolute atomic E-state index is 13.7. The number of hydrogen-bond acceptors (Lipinski definition) is 3. The van der Waals surface area contributed by atoms with Crippen LogP contribution in [0, 0.1) is 11.7 Å². The Morgan fingerprint density at radius 1 is 1.53 bits per heavy atom. The zero-order valence-electron chi connectivity index (χ0n) is 10.7. The first-order valence-corrected chi connectivity index (χ1v) is 6.00. The summed E-state index contributed by atoms with van der Waals surface area (Å²) < 4.78 is 18.8. The maximum atomic E-state index is 13.7. The second kappa shape index (κ2) is 7.35. The van der Waals surface area contributed by atoms with Crippen molar-refractivity contribution in [2.24, 2.45) is 5.92 Å². The van der Waals surface area contributed by atoms with Gasteiger partial charge in [0.2, 0.25) is 0 Å². The molecule has 0 spiro atoms. The maximum Gasteiger partial charge on any atom is 0.146 e. The minimum Gasteiger partial charge on any atom is -0.384 e. The molecular formula is C13H21FN2O. The number of aromatic nitrogens is 1. The fraction of sp³-hybridized carbons (Fsp3) is 0.615. The largest absolute Gasteiger partial charge is 0.384 e. The third kappa shape index (κ3) is 4.40. The van der Waals surface area contributed by atoms with E-state index in [2.05, 4.69) is 17.2 Å². The molecule has 3 nitrogen and oxygen atoms in total. The van der Waals surface area contributed by atoms with Crippen LogP contribution in [0.4, 0.5) is 4.39 Å². The van der Waals surface area contributed by atoms with Crippen molar-refractivity contribution in [3.8, 4) is 0 Å². The Balaban J connectivity index is 2.75. The first-order valence-electron chi connectivity index (χ1n) is 6.00. The lowest BCUT2D eigenvalue weighted by Crippen LogP contribution is -2.25. The molecule has 0 saturated heterocycles. The van der Waals surface area contributed by atoms with E-state index in [0.29, 0.717) is 18.1 Å². The summed E-state index contributed by atoms with van der Waals surface area (Å²) in [5, 5.41) is 3.31. The van der Waals surface area contributed by atoms with Crippen molar-refractivity contribution in [1.82, 2.24) is 10.3 Å². The number of hydrogen-bond donors (Lipinski definition) is 1. The van der Waals surface area contributed by atoms with Gasteiger partial charge in [-0.15, -0.1) is 0 Å². The van der Waals surface area contributed by atoms with E-state index < -0.39 is 0 Å². The monoisotopic (exact) mass is 240 g/mol. The Bertz CT molecular complexity index is 333. The molecule has 96 valence electrons. The summed E-state index contributed by atoms with van der Waals surface area (Å²) in [6.45, 7) is 5.63. The van der Waals surface area contributed by atoms with Crippen LogP contribution in [0.2, 0.25) is 0 Å².